The number of anilines is 1. The Balaban J connectivity index is 1.74. The fraction of sp³-hybridized carbons (Fsp3) is 0.500. The van der Waals surface area contributed by atoms with Gasteiger partial charge in [0.1, 0.15) is 0 Å². The Morgan fingerprint density at radius 3 is 2.94 bits per heavy atom. The molecule has 18 heavy (non-hydrogen) atoms. The standard InChI is InChI=1S/C14H18N2S2/c1-10-4-5-11-12(8-10)18-13(16-11)15-9-14(17-2)6-3-7-14/h4-5,8H,3,6-7,9H2,1-2H3,(H,15,16). The summed E-state index contributed by atoms with van der Waals surface area (Å²) in [4.78, 5) is 4.65. The largest absolute Gasteiger partial charge is 0.360 e. The Labute approximate surface area is 116 Å². The fourth-order valence-corrected chi connectivity index (χ4v) is 4.24. The Hall–Kier alpha value is -0.740. The van der Waals surface area contributed by atoms with Gasteiger partial charge in [-0.2, -0.15) is 11.8 Å². The van der Waals surface area contributed by atoms with Crippen molar-refractivity contribution in [2.24, 2.45) is 0 Å². The highest BCUT2D eigenvalue weighted by atomic mass is 32.2. The first-order valence-corrected chi connectivity index (χ1v) is 8.41. The second kappa shape index (κ2) is 4.74. The number of nitrogens with one attached hydrogen (secondary N) is 1. The van der Waals surface area contributed by atoms with Crippen LogP contribution in [0.4, 0.5) is 5.13 Å². The van der Waals surface area contributed by atoms with Gasteiger partial charge in [-0.05, 0) is 43.7 Å². The maximum atomic E-state index is 4.65. The van der Waals surface area contributed by atoms with Gasteiger partial charge in [-0.25, -0.2) is 4.98 Å². The smallest absolute Gasteiger partial charge is 0.183 e. The number of thiazole rings is 1. The van der Waals surface area contributed by atoms with Crippen LogP contribution in [0, 0.1) is 6.92 Å². The molecule has 3 rings (SSSR count). The predicted octanol–water partition coefficient (Wildman–Crippen LogP) is 4.30. The van der Waals surface area contributed by atoms with Crippen LogP contribution in [0.15, 0.2) is 18.2 Å². The summed E-state index contributed by atoms with van der Waals surface area (Å²) in [7, 11) is 0. The first-order valence-electron chi connectivity index (χ1n) is 6.37. The molecule has 1 fully saturated rings. The molecule has 1 saturated carbocycles. The topological polar surface area (TPSA) is 24.9 Å². The number of aromatic nitrogens is 1. The molecular weight excluding hydrogens is 260 g/mol. The van der Waals surface area contributed by atoms with Crippen molar-refractivity contribution in [1.82, 2.24) is 4.98 Å². The maximum Gasteiger partial charge on any atom is 0.183 e. The minimum atomic E-state index is 0.466. The van der Waals surface area contributed by atoms with Crippen molar-refractivity contribution in [2.75, 3.05) is 18.1 Å². The minimum absolute atomic E-state index is 0.466. The molecule has 0 saturated heterocycles. The third-order valence-corrected chi connectivity index (χ3v) is 6.20. The van der Waals surface area contributed by atoms with Crippen LogP contribution in [0.3, 0.4) is 0 Å². The zero-order valence-electron chi connectivity index (χ0n) is 10.8. The molecule has 0 atom stereocenters. The quantitative estimate of drug-likeness (QED) is 0.902. The van der Waals surface area contributed by atoms with Crippen molar-refractivity contribution in [3.05, 3.63) is 23.8 Å². The molecule has 1 aliphatic carbocycles. The highest BCUT2D eigenvalue weighted by molar-refractivity contribution is 8.00. The molecule has 0 aliphatic heterocycles. The summed E-state index contributed by atoms with van der Waals surface area (Å²) >= 11 is 3.77. The van der Waals surface area contributed by atoms with E-state index in [9.17, 15) is 0 Å². The normalized spacial score (nSPS) is 17.7. The monoisotopic (exact) mass is 278 g/mol. The Kier molecular flexibility index (Phi) is 3.24. The van der Waals surface area contributed by atoms with Crippen LogP contribution >= 0.6 is 23.1 Å². The molecule has 2 nitrogen and oxygen atoms in total. The van der Waals surface area contributed by atoms with Gasteiger partial charge in [0.15, 0.2) is 5.13 Å². The summed E-state index contributed by atoms with van der Waals surface area (Å²) in [6.45, 7) is 3.18. The van der Waals surface area contributed by atoms with Crippen LogP contribution in [-0.2, 0) is 0 Å². The fourth-order valence-electron chi connectivity index (χ4n) is 2.37. The van der Waals surface area contributed by atoms with Crippen molar-refractivity contribution < 1.29 is 0 Å². The van der Waals surface area contributed by atoms with E-state index in [1.165, 1.54) is 29.5 Å². The van der Waals surface area contributed by atoms with E-state index in [0.29, 0.717) is 4.75 Å². The predicted molar refractivity (Wildman–Crippen MR) is 82.9 cm³/mol. The summed E-state index contributed by atoms with van der Waals surface area (Å²) in [5.41, 5.74) is 2.41. The minimum Gasteiger partial charge on any atom is -0.360 e. The average Bonchev–Trinajstić information content (AvgIpc) is 2.70. The lowest BCUT2D eigenvalue weighted by Gasteiger charge is -2.40. The third kappa shape index (κ3) is 2.24. The SMILES string of the molecule is CSC1(CNc2nc3ccc(C)cc3s2)CCC1. The molecule has 1 aromatic carbocycles. The Bertz CT molecular complexity index is 552. The molecular formula is C14H18N2S2. The summed E-state index contributed by atoms with van der Waals surface area (Å²) in [5, 5.41) is 4.60. The number of hydrogen-bond donors (Lipinski definition) is 1. The first-order chi connectivity index (χ1) is 8.71. The van der Waals surface area contributed by atoms with E-state index in [2.05, 4.69) is 41.7 Å². The second-order valence-electron chi connectivity index (χ2n) is 5.08. The molecule has 1 heterocycles. The van der Waals surface area contributed by atoms with Crippen molar-refractivity contribution in [2.45, 2.75) is 30.9 Å². The van der Waals surface area contributed by atoms with E-state index >= 15 is 0 Å². The van der Waals surface area contributed by atoms with Crippen molar-refractivity contribution in [3.63, 3.8) is 0 Å². The highest BCUT2D eigenvalue weighted by Crippen LogP contribution is 2.43. The number of rotatable bonds is 4. The average molecular weight is 278 g/mol. The van der Waals surface area contributed by atoms with Crippen molar-refractivity contribution in [3.8, 4) is 0 Å². The van der Waals surface area contributed by atoms with Gasteiger partial charge in [0.05, 0.1) is 10.2 Å². The molecule has 4 heteroatoms. The lowest BCUT2D eigenvalue weighted by Crippen LogP contribution is -2.40. The Morgan fingerprint density at radius 1 is 1.44 bits per heavy atom. The lowest BCUT2D eigenvalue weighted by molar-refractivity contribution is 0.380. The number of aryl methyl sites for hydroxylation is 1. The van der Waals surface area contributed by atoms with Gasteiger partial charge in [0, 0.05) is 11.3 Å². The van der Waals surface area contributed by atoms with E-state index in [0.717, 1.165) is 17.2 Å². The molecule has 1 N–H and O–H groups in total. The second-order valence-corrected chi connectivity index (χ2v) is 7.39. The van der Waals surface area contributed by atoms with Crippen LogP contribution < -0.4 is 5.32 Å². The number of nitrogens with zero attached hydrogens (tertiary/aromatic N) is 1. The van der Waals surface area contributed by atoms with E-state index < -0.39 is 0 Å². The number of hydrogen-bond acceptors (Lipinski definition) is 4. The van der Waals surface area contributed by atoms with Crippen LogP contribution in [0.25, 0.3) is 10.2 Å². The van der Waals surface area contributed by atoms with Crippen molar-refractivity contribution in [1.29, 1.82) is 0 Å². The molecule has 0 unspecified atom stereocenters. The van der Waals surface area contributed by atoms with Gasteiger partial charge in [0.25, 0.3) is 0 Å². The van der Waals surface area contributed by atoms with Crippen molar-refractivity contribution >= 4 is 38.4 Å². The van der Waals surface area contributed by atoms with Gasteiger partial charge in [-0.3, -0.25) is 0 Å². The molecule has 0 spiro atoms. The Morgan fingerprint density at radius 2 is 2.28 bits per heavy atom. The van der Waals surface area contributed by atoms with Gasteiger partial charge in [-0.15, -0.1) is 0 Å². The van der Waals surface area contributed by atoms with E-state index in [-0.39, 0.29) is 0 Å². The molecule has 96 valence electrons. The molecule has 0 amide bonds. The zero-order valence-corrected chi connectivity index (χ0v) is 12.5. The molecule has 0 bridgehead atoms. The van der Waals surface area contributed by atoms with Crippen LogP contribution in [0.1, 0.15) is 24.8 Å². The highest BCUT2D eigenvalue weighted by Gasteiger charge is 2.35. The van der Waals surface area contributed by atoms with Gasteiger partial charge in [0.2, 0.25) is 0 Å². The van der Waals surface area contributed by atoms with E-state index in [1.807, 2.05) is 11.8 Å². The van der Waals surface area contributed by atoms with Crippen LogP contribution in [0.2, 0.25) is 0 Å². The molecule has 1 aromatic heterocycles. The van der Waals surface area contributed by atoms with E-state index in [4.69, 9.17) is 0 Å². The maximum absolute atomic E-state index is 4.65. The summed E-state index contributed by atoms with van der Waals surface area (Å²) < 4.78 is 1.75. The van der Waals surface area contributed by atoms with Crippen LogP contribution in [-0.4, -0.2) is 22.5 Å². The molecule has 0 radical (unpaired) electrons. The third-order valence-electron chi connectivity index (χ3n) is 3.80. The van der Waals surface area contributed by atoms with E-state index in [1.54, 1.807) is 11.3 Å². The van der Waals surface area contributed by atoms with Gasteiger partial charge < -0.3 is 5.32 Å². The van der Waals surface area contributed by atoms with Gasteiger partial charge in [-0.1, -0.05) is 23.8 Å². The number of fused-ring (bicyclic) bond motifs is 1. The van der Waals surface area contributed by atoms with Gasteiger partial charge >= 0.3 is 0 Å². The lowest BCUT2D eigenvalue weighted by atomic mass is 9.84. The molecule has 2 aromatic rings. The van der Waals surface area contributed by atoms with Crippen LogP contribution in [0.5, 0.6) is 0 Å². The summed E-state index contributed by atoms with van der Waals surface area (Å²) in [5.74, 6) is 0. The zero-order chi connectivity index (χ0) is 12.6. The number of thioether (sulfide) groups is 1. The number of benzene rings is 1. The summed E-state index contributed by atoms with van der Waals surface area (Å²) in [6, 6.07) is 6.45. The summed E-state index contributed by atoms with van der Waals surface area (Å²) in [6.07, 6.45) is 6.28. The molecule has 1 aliphatic rings. The first kappa shape index (κ1) is 12.3.